The lowest BCUT2D eigenvalue weighted by Gasteiger charge is -2.15. The Kier molecular flexibility index (Phi) is 4.44. The third kappa shape index (κ3) is 3.00. The zero-order valence-electron chi connectivity index (χ0n) is 15.0. The predicted octanol–water partition coefficient (Wildman–Crippen LogP) is 3.79. The molecule has 1 aliphatic rings. The van der Waals surface area contributed by atoms with Crippen LogP contribution in [0.25, 0.3) is 10.9 Å². The fourth-order valence-corrected chi connectivity index (χ4v) is 5.87. The van der Waals surface area contributed by atoms with Crippen LogP contribution in [0, 0.1) is 13.8 Å². The maximum Gasteiger partial charge on any atom is 0.269 e. The number of para-hydroxylation sites is 1. The van der Waals surface area contributed by atoms with Crippen molar-refractivity contribution in [3.8, 4) is 0 Å². The number of fused-ring (bicyclic) bond motifs is 2. The fourth-order valence-electron chi connectivity index (χ4n) is 3.29. The number of aromatic nitrogens is 1. The largest absolute Gasteiger partial charge is 0.269 e. The van der Waals surface area contributed by atoms with Gasteiger partial charge in [0, 0.05) is 17.7 Å². The van der Waals surface area contributed by atoms with Crippen LogP contribution in [0.2, 0.25) is 0 Å². The zero-order valence-corrected chi connectivity index (χ0v) is 16.6. The Morgan fingerprint density at radius 2 is 1.81 bits per heavy atom. The molecule has 5 nitrogen and oxygen atoms in total. The van der Waals surface area contributed by atoms with E-state index >= 15 is 0 Å². The lowest BCUT2D eigenvalue weighted by Crippen LogP contribution is -2.32. The Bertz CT molecular complexity index is 1170. The summed E-state index contributed by atoms with van der Waals surface area (Å²) in [6.45, 7) is 4.18. The number of pyridine rings is 1. The molecular weight excluding hydrogens is 380 g/mol. The lowest BCUT2D eigenvalue weighted by molar-refractivity contribution is 0.0876. The molecule has 1 aliphatic heterocycles. The summed E-state index contributed by atoms with van der Waals surface area (Å²) in [6, 6.07) is 14.4. The molecule has 0 saturated heterocycles. The van der Waals surface area contributed by atoms with Gasteiger partial charge in [-0.05, 0) is 43.2 Å². The Morgan fingerprint density at radius 3 is 2.59 bits per heavy atom. The van der Waals surface area contributed by atoms with Crippen LogP contribution in [0.5, 0.6) is 0 Å². The number of nitrogens with zero attached hydrogens (tertiary/aromatic N) is 2. The highest BCUT2D eigenvalue weighted by Crippen LogP contribution is 2.31. The topological polar surface area (TPSA) is 67.3 Å². The molecule has 1 aromatic heterocycles. The van der Waals surface area contributed by atoms with E-state index in [9.17, 15) is 13.2 Å². The standard InChI is InChI=1S/C20H18N2O3S2/c1-13-6-5-8-15-14(2)12-18(21-19(13)15)26-11-10-22-20(23)16-7-3-4-9-17(16)27(22,24)25/h3-9,12H,10-11H2,1-2H3. The van der Waals surface area contributed by atoms with Crippen molar-refractivity contribution in [1.29, 1.82) is 0 Å². The Balaban J connectivity index is 1.54. The van der Waals surface area contributed by atoms with Gasteiger partial charge in [-0.3, -0.25) is 4.79 Å². The molecular formula is C20H18N2O3S2. The summed E-state index contributed by atoms with van der Waals surface area (Å²) in [5.74, 6) is -0.00678. The molecule has 4 rings (SSSR count). The van der Waals surface area contributed by atoms with E-state index in [0.717, 1.165) is 31.4 Å². The van der Waals surface area contributed by atoms with Crippen molar-refractivity contribution in [3.63, 3.8) is 0 Å². The lowest BCUT2D eigenvalue weighted by atomic mass is 10.1. The molecule has 0 N–H and O–H groups in total. The van der Waals surface area contributed by atoms with E-state index in [1.165, 1.54) is 17.8 Å². The van der Waals surface area contributed by atoms with E-state index in [1.54, 1.807) is 18.2 Å². The van der Waals surface area contributed by atoms with Crippen molar-refractivity contribution in [2.24, 2.45) is 0 Å². The third-order valence-electron chi connectivity index (χ3n) is 4.68. The van der Waals surface area contributed by atoms with E-state index in [0.29, 0.717) is 5.75 Å². The number of carbonyl (C=O) groups excluding carboxylic acids is 1. The second-order valence-electron chi connectivity index (χ2n) is 6.48. The molecule has 27 heavy (non-hydrogen) atoms. The number of thioether (sulfide) groups is 1. The molecule has 7 heteroatoms. The summed E-state index contributed by atoms with van der Waals surface area (Å²) in [5.41, 5.74) is 3.43. The van der Waals surface area contributed by atoms with Crippen molar-refractivity contribution in [2.45, 2.75) is 23.8 Å². The van der Waals surface area contributed by atoms with E-state index in [2.05, 4.69) is 0 Å². The first-order valence-corrected chi connectivity index (χ1v) is 11.0. The van der Waals surface area contributed by atoms with Gasteiger partial charge >= 0.3 is 0 Å². The van der Waals surface area contributed by atoms with Crippen molar-refractivity contribution in [3.05, 3.63) is 65.2 Å². The number of hydrogen-bond acceptors (Lipinski definition) is 5. The van der Waals surface area contributed by atoms with Gasteiger partial charge in [-0.2, -0.15) is 0 Å². The van der Waals surface area contributed by atoms with Gasteiger partial charge < -0.3 is 0 Å². The van der Waals surface area contributed by atoms with Crippen LogP contribution in [0.15, 0.2) is 58.5 Å². The highest BCUT2D eigenvalue weighted by Gasteiger charge is 2.40. The molecule has 0 spiro atoms. The normalized spacial score (nSPS) is 15.3. The van der Waals surface area contributed by atoms with Gasteiger partial charge in [-0.15, -0.1) is 11.8 Å². The third-order valence-corrected chi connectivity index (χ3v) is 7.41. The van der Waals surface area contributed by atoms with Gasteiger partial charge in [0.25, 0.3) is 15.9 Å². The SMILES string of the molecule is Cc1cc(SCCN2C(=O)c3ccccc3S2(=O)=O)nc2c(C)cccc12. The van der Waals surface area contributed by atoms with E-state index < -0.39 is 15.9 Å². The van der Waals surface area contributed by atoms with Crippen LogP contribution in [0.4, 0.5) is 0 Å². The molecule has 0 bridgehead atoms. The zero-order chi connectivity index (χ0) is 19.2. The highest BCUT2D eigenvalue weighted by molar-refractivity contribution is 7.99. The van der Waals surface area contributed by atoms with Crippen LogP contribution in [0.1, 0.15) is 21.5 Å². The van der Waals surface area contributed by atoms with Gasteiger partial charge in [0.2, 0.25) is 0 Å². The van der Waals surface area contributed by atoms with E-state index in [1.807, 2.05) is 38.1 Å². The van der Waals surface area contributed by atoms with E-state index in [4.69, 9.17) is 4.98 Å². The van der Waals surface area contributed by atoms with Crippen LogP contribution in [-0.4, -0.2) is 35.9 Å². The molecule has 0 radical (unpaired) electrons. The number of hydrogen-bond donors (Lipinski definition) is 0. The first-order chi connectivity index (χ1) is 12.9. The minimum Gasteiger partial charge on any atom is -0.268 e. The average Bonchev–Trinajstić information content (AvgIpc) is 2.84. The van der Waals surface area contributed by atoms with Crippen molar-refractivity contribution in [2.75, 3.05) is 12.3 Å². The summed E-state index contributed by atoms with van der Waals surface area (Å²) in [4.78, 5) is 17.2. The minimum atomic E-state index is -3.75. The van der Waals surface area contributed by atoms with Crippen molar-refractivity contribution >= 4 is 38.6 Å². The van der Waals surface area contributed by atoms with Crippen LogP contribution in [0.3, 0.4) is 0 Å². The Labute approximate surface area is 162 Å². The maximum absolute atomic E-state index is 12.6. The quantitative estimate of drug-likeness (QED) is 0.626. The Morgan fingerprint density at radius 1 is 1.04 bits per heavy atom. The predicted molar refractivity (Wildman–Crippen MR) is 107 cm³/mol. The molecule has 0 atom stereocenters. The molecule has 0 fully saturated rings. The van der Waals surface area contributed by atoms with Crippen LogP contribution < -0.4 is 0 Å². The number of carbonyl (C=O) groups is 1. The van der Waals surface area contributed by atoms with Gasteiger partial charge in [-0.25, -0.2) is 17.7 Å². The maximum atomic E-state index is 12.6. The second kappa shape index (κ2) is 6.65. The van der Waals surface area contributed by atoms with Crippen molar-refractivity contribution in [1.82, 2.24) is 9.29 Å². The van der Waals surface area contributed by atoms with Crippen molar-refractivity contribution < 1.29 is 13.2 Å². The molecule has 2 heterocycles. The number of sulfonamides is 1. The van der Waals surface area contributed by atoms with Gasteiger partial charge in [0.1, 0.15) is 4.90 Å². The molecule has 0 aliphatic carbocycles. The fraction of sp³-hybridized carbons (Fsp3) is 0.200. The van der Waals surface area contributed by atoms with Gasteiger partial charge in [0.05, 0.1) is 16.1 Å². The minimum absolute atomic E-state index is 0.0929. The average molecular weight is 399 g/mol. The number of aryl methyl sites for hydroxylation is 2. The van der Waals surface area contributed by atoms with Gasteiger partial charge in [-0.1, -0.05) is 30.3 Å². The first kappa shape index (κ1) is 18.0. The van der Waals surface area contributed by atoms with Crippen LogP contribution >= 0.6 is 11.8 Å². The Hall–Kier alpha value is -2.38. The monoisotopic (exact) mass is 398 g/mol. The molecule has 3 aromatic rings. The number of rotatable bonds is 4. The summed E-state index contributed by atoms with van der Waals surface area (Å²) in [7, 11) is -3.75. The molecule has 0 unspecified atom stereocenters. The highest BCUT2D eigenvalue weighted by atomic mass is 32.2. The van der Waals surface area contributed by atoms with Crippen LogP contribution in [-0.2, 0) is 10.0 Å². The number of amides is 1. The second-order valence-corrected chi connectivity index (χ2v) is 9.42. The summed E-state index contributed by atoms with van der Waals surface area (Å²) >= 11 is 1.46. The molecule has 2 aromatic carbocycles. The first-order valence-electron chi connectivity index (χ1n) is 8.55. The number of benzene rings is 2. The summed E-state index contributed by atoms with van der Waals surface area (Å²) in [6.07, 6.45) is 0. The van der Waals surface area contributed by atoms with Gasteiger partial charge in [0.15, 0.2) is 0 Å². The summed E-state index contributed by atoms with van der Waals surface area (Å²) < 4.78 is 26.1. The molecule has 138 valence electrons. The summed E-state index contributed by atoms with van der Waals surface area (Å²) in [5, 5.41) is 1.95. The smallest absolute Gasteiger partial charge is 0.268 e. The molecule has 0 saturated carbocycles. The molecule has 1 amide bonds. The van der Waals surface area contributed by atoms with E-state index in [-0.39, 0.29) is 17.0 Å².